The second kappa shape index (κ2) is 8.26. The molecular formula is C19H24N2O6S. The maximum atomic E-state index is 12.8. The normalized spacial score (nSPS) is 14.2. The third-order valence-corrected chi connectivity index (χ3v) is 5.96. The van der Waals surface area contributed by atoms with Gasteiger partial charge in [0.2, 0.25) is 16.8 Å². The lowest BCUT2D eigenvalue weighted by Gasteiger charge is -2.25. The van der Waals surface area contributed by atoms with Gasteiger partial charge in [-0.3, -0.25) is 0 Å². The molecule has 1 N–H and O–H groups in total. The van der Waals surface area contributed by atoms with E-state index in [9.17, 15) is 8.42 Å². The number of fused-ring (bicyclic) bond motifs is 1. The Kier molecular flexibility index (Phi) is 5.97. The van der Waals surface area contributed by atoms with Crippen LogP contribution in [0, 0.1) is 0 Å². The van der Waals surface area contributed by atoms with Gasteiger partial charge in [0.15, 0.2) is 23.0 Å². The van der Waals surface area contributed by atoms with E-state index in [2.05, 4.69) is 4.72 Å². The van der Waals surface area contributed by atoms with Crippen molar-refractivity contribution in [3.63, 3.8) is 0 Å². The van der Waals surface area contributed by atoms with Gasteiger partial charge in [0.1, 0.15) is 0 Å². The molecule has 8 nitrogen and oxygen atoms in total. The number of hydrogen-bond acceptors (Lipinski definition) is 7. The van der Waals surface area contributed by atoms with E-state index < -0.39 is 10.0 Å². The SMILES string of the molecule is COc1ccc(S(=O)(=O)NC[C@@H](c2ccc3c(c2)OCO3)N(C)C)cc1OC. The van der Waals surface area contributed by atoms with Crippen molar-refractivity contribution < 1.29 is 27.4 Å². The first-order valence-electron chi connectivity index (χ1n) is 8.63. The summed E-state index contributed by atoms with van der Waals surface area (Å²) >= 11 is 0. The van der Waals surface area contributed by atoms with Crippen LogP contribution in [0.15, 0.2) is 41.3 Å². The van der Waals surface area contributed by atoms with Crippen LogP contribution in [0.4, 0.5) is 0 Å². The lowest BCUT2D eigenvalue weighted by Crippen LogP contribution is -2.34. The molecule has 0 spiro atoms. The first-order valence-corrected chi connectivity index (χ1v) is 10.1. The molecule has 2 aromatic carbocycles. The molecule has 152 valence electrons. The Morgan fingerprint density at radius 3 is 2.43 bits per heavy atom. The number of benzene rings is 2. The van der Waals surface area contributed by atoms with Gasteiger partial charge in [0.05, 0.1) is 19.1 Å². The van der Waals surface area contributed by atoms with Crippen LogP contribution in [0.3, 0.4) is 0 Å². The summed E-state index contributed by atoms with van der Waals surface area (Å²) in [5.41, 5.74) is 0.921. The van der Waals surface area contributed by atoms with Crippen LogP contribution in [-0.4, -0.2) is 55.0 Å². The van der Waals surface area contributed by atoms with E-state index in [0.29, 0.717) is 23.0 Å². The number of likely N-dealkylation sites (N-methyl/N-ethyl adjacent to an activating group) is 1. The summed E-state index contributed by atoms with van der Waals surface area (Å²) in [6, 6.07) is 9.90. The summed E-state index contributed by atoms with van der Waals surface area (Å²) in [6.45, 7) is 0.376. The molecule has 0 bridgehead atoms. The molecule has 1 atom stereocenters. The number of methoxy groups -OCH3 is 2. The third kappa shape index (κ3) is 4.16. The van der Waals surface area contributed by atoms with Crippen molar-refractivity contribution in [1.82, 2.24) is 9.62 Å². The summed E-state index contributed by atoms with van der Waals surface area (Å²) in [7, 11) is 3.00. The lowest BCUT2D eigenvalue weighted by atomic mass is 10.1. The highest BCUT2D eigenvalue weighted by molar-refractivity contribution is 7.89. The predicted octanol–water partition coefficient (Wildman–Crippen LogP) is 2.01. The Bertz CT molecular complexity index is 945. The van der Waals surface area contributed by atoms with Gasteiger partial charge in [0.25, 0.3) is 0 Å². The zero-order chi connectivity index (χ0) is 20.3. The maximum Gasteiger partial charge on any atom is 0.240 e. The number of nitrogens with zero attached hydrogens (tertiary/aromatic N) is 1. The highest BCUT2D eigenvalue weighted by Gasteiger charge is 2.23. The summed E-state index contributed by atoms with van der Waals surface area (Å²) in [5.74, 6) is 2.16. The predicted molar refractivity (Wildman–Crippen MR) is 104 cm³/mol. The van der Waals surface area contributed by atoms with Crippen molar-refractivity contribution in [1.29, 1.82) is 0 Å². The maximum absolute atomic E-state index is 12.8. The third-order valence-electron chi connectivity index (χ3n) is 4.54. The summed E-state index contributed by atoms with van der Waals surface area (Å²) in [6.07, 6.45) is 0. The number of sulfonamides is 1. The van der Waals surface area contributed by atoms with E-state index in [0.717, 1.165) is 5.56 Å². The van der Waals surface area contributed by atoms with Crippen molar-refractivity contribution in [3.05, 3.63) is 42.0 Å². The highest BCUT2D eigenvalue weighted by atomic mass is 32.2. The minimum absolute atomic E-state index is 0.105. The van der Waals surface area contributed by atoms with E-state index in [1.54, 1.807) is 6.07 Å². The first kappa shape index (κ1) is 20.2. The van der Waals surface area contributed by atoms with Crippen LogP contribution in [0.25, 0.3) is 0 Å². The van der Waals surface area contributed by atoms with Gasteiger partial charge in [0, 0.05) is 18.7 Å². The average Bonchev–Trinajstić information content (AvgIpc) is 3.15. The van der Waals surface area contributed by atoms with E-state index in [1.165, 1.54) is 26.4 Å². The van der Waals surface area contributed by atoms with Crippen molar-refractivity contribution in [2.75, 3.05) is 41.7 Å². The molecule has 1 aliphatic rings. The van der Waals surface area contributed by atoms with Crippen LogP contribution in [0.1, 0.15) is 11.6 Å². The fourth-order valence-electron chi connectivity index (χ4n) is 2.97. The molecule has 0 amide bonds. The van der Waals surface area contributed by atoms with Crippen molar-refractivity contribution in [2.45, 2.75) is 10.9 Å². The monoisotopic (exact) mass is 408 g/mol. The second-order valence-corrected chi connectivity index (χ2v) is 8.23. The van der Waals surface area contributed by atoms with Gasteiger partial charge in [-0.1, -0.05) is 6.07 Å². The second-order valence-electron chi connectivity index (χ2n) is 6.46. The molecule has 1 heterocycles. The summed E-state index contributed by atoms with van der Waals surface area (Å²) < 4.78 is 49.3. The Morgan fingerprint density at radius 2 is 1.75 bits per heavy atom. The summed E-state index contributed by atoms with van der Waals surface area (Å²) in [5, 5.41) is 0. The molecule has 3 rings (SSSR count). The number of ether oxygens (including phenoxy) is 4. The average molecular weight is 408 g/mol. The molecular weight excluding hydrogens is 384 g/mol. The molecule has 1 aliphatic heterocycles. The van der Waals surface area contributed by atoms with Gasteiger partial charge in [-0.2, -0.15) is 0 Å². The van der Waals surface area contributed by atoms with Gasteiger partial charge in [-0.15, -0.1) is 0 Å². The van der Waals surface area contributed by atoms with Crippen LogP contribution in [-0.2, 0) is 10.0 Å². The highest BCUT2D eigenvalue weighted by Crippen LogP contribution is 2.35. The quantitative estimate of drug-likeness (QED) is 0.715. The molecule has 0 saturated carbocycles. The van der Waals surface area contributed by atoms with E-state index in [1.807, 2.05) is 37.2 Å². The largest absolute Gasteiger partial charge is 0.493 e. The van der Waals surface area contributed by atoms with Gasteiger partial charge >= 0.3 is 0 Å². The first-order chi connectivity index (χ1) is 13.4. The topological polar surface area (TPSA) is 86.3 Å². The Hall–Kier alpha value is -2.49. The Morgan fingerprint density at radius 1 is 1.04 bits per heavy atom. The van der Waals surface area contributed by atoms with Crippen molar-refractivity contribution >= 4 is 10.0 Å². The molecule has 2 aromatic rings. The number of rotatable bonds is 8. The molecule has 28 heavy (non-hydrogen) atoms. The Balaban J connectivity index is 1.79. The van der Waals surface area contributed by atoms with E-state index >= 15 is 0 Å². The fraction of sp³-hybridized carbons (Fsp3) is 0.368. The van der Waals surface area contributed by atoms with Gasteiger partial charge in [-0.25, -0.2) is 13.1 Å². The van der Waals surface area contributed by atoms with Crippen molar-refractivity contribution in [2.24, 2.45) is 0 Å². The zero-order valence-corrected chi connectivity index (χ0v) is 17.1. The smallest absolute Gasteiger partial charge is 0.240 e. The van der Waals surface area contributed by atoms with Crippen LogP contribution < -0.4 is 23.7 Å². The van der Waals surface area contributed by atoms with Crippen molar-refractivity contribution in [3.8, 4) is 23.0 Å². The van der Waals surface area contributed by atoms with E-state index in [4.69, 9.17) is 18.9 Å². The molecule has 9 heteroatoms. The van der Waals surface area contributed by atoms with Crippen LogP contribution in [0.5, 0.6) is 23.0 Å². The molecule has 0 fully saturated rings. The molecule has 0 aliphatic carbocycles. The molecule has 0 radical (unpaired) electrons. The minimum atomic E-state index is -3.73. The van der Waals surface area contributed by atoms with Crippen LogP contribution in [0.2, 0.25) is 0 Å². The molecule has 0 saturated heterocycles. The fourth-order valence-corrected chi connectivity index (χ4v) is 4.03. The molecule has 0 aromatic heterocycles. The van der Waals surface area contributed by atoms with Crippen LogP contribution >= 0.6 is 0 Å². The summed E-state index contributed by atoms with van der Waals surface area (Å²) in [4.78, 5) is 2.04. The lowest BCUT2D eigenvalue weighted by molar-refractivity contribution is 0.174. The minimum Gasteiger partial charge on any atom is -0.493 e. The number of hydrogen-bond donors (Lipinski definition) is 1. The van der Waals surface area contributed by atoms with E-state index in [-0.39, 0.29) is 24.3 Å². The molecule has 0 unspecified atom stereocenters. The van der Waals surface area contributed by atoms with Gasteiger partial charge < -0.3 is 23.8 Å². The zero-order valence-electron chi connectivity index (χ0n) is 16.3. The Labute approximate surface area is 165 Å². The van der Waals surface area contributed by atoms with Gasteiger partial charge in [-0.05, 0) is 43.9 Å². The standard InChI is InChI=1S/C19H24N2O6S/c1-21(2)15(13-5-7-17-19(9-13)27-12-26-17)11-20-28(22,23)14-6-8-16(24-3)18(10-14)25-4/h5-10,15,20H,11-12H2,1-4H3/t15-/m0/s1. The number of nitrogens with one attached hydrogen (secondary N) is 1.